The summed E-state index contributed by atoms with van der Waals surface area (Å²) in [4.78, 5) is 0. The van der Waals surface area contributed by atoms with E-state index in [1.165, 1.54) is 32.1 Å². The molecule has 4 heteroatoms. The average molecular weight is 303 g/mol. The molecule has 1 saturated heterocycles. The highest BCUT2D eigenvalue weighted by Crippen LogP contribution is 2.65. The van der Waals surface area contributed by atoms with Crippen molar-refractivity contribution < 1.29 is 9.31 Å². The monoisotopic (exact) mass is 303 g/mol. The van der Waals surface area contributed by atoms with E-state index in [4.69, 9.17) is 14.6 Å². The second kappa shape index (κ2) is 5.53. The first-order chi connectivity index (χ1) is 10.3. The van der Waals surface area contributed by atoms with Crippen molar-refractivity contribution in [1.29, 1.82) is 5.26 Å². The fourth-order valence-electron chi connectivity index (χ4n) is 4.76. The van der Waals surface area contributed by atoms with Gasteiger partial charge in [0.05, 0.1) is 17.3 Å². The molecule has 1 aliphatic heterocycles. The van der Waals surface area contributed by atoms with Gasteiger partial charge in [-0.3, -0.25) is 0 Å². The fraction of sp³-hybridized carbons (Fsp3) is 0.944. The van der Waals surface area contributed by atoms with Gasteiger partial charge in [0, 0.05) is 11.7 Å². The maximum atomic E-state index is 9.00. The molecule has 3 rings (SSSR count). The van der Waals surface area contributed by atoms with Crippen molar-refractivity contribution >= 4 is 7.12 Å². The summed E-state index contributed by atoms with van der Waals surface area (Å²) in [7, 11) is -0.0875. The molecule has 0 radical (unpaired) electrons. The van der Waals surface area contributed by atoms with E-state index in [1.807, 2.05) is 0 Å². The van der Waals surface area contributed by atoms with Crippen molar-refractivity contribution in [1.82, 2.24) is 0 Å². The zero-order valence-electron chi connectivity index (χ0n) is 14.7. The van der Waals surface area contributed by atoms with Crippen molar-refractivity contribution in [2.45, 2.75) is 95.6 Å². The number of hydrogen-bond acceptors (Lipinski definition) is 3. The highest BCUT2D eigenvalue weighted by Gasteiger charge is 2.65. The highest BCUT2D eigenvalue weighted by atomic mass is 16.7. The van der Waals surface area contributed by atoms with Crippen LogP contribution in [0.4, 0.5) is 0 Å². The van der Waals surface area contributed by atoms with Crippen LogP contribution in [0.3, 0.4) is 0 Å². The van der Waals surface area contributed by atoms with Crippen LogP contribution in [0.25, 0.3) is 0 Å². The Balaban J connectivity index is 1.80. The van der Waals surface area contributed by atoms with Crippen molar-refractivity contribution in [3.05, 3.63) is 0 Å². The standard InChI is InChI=1S/C18H30BNO2/c1-16(2)17(3,4)22-19(21-16)18(12-14(13-18)10-11-20)15-8-6-5-7-9-15/h14-15H,5-10,12-13H2,1-4H3. The normalized spacial score (nSPS) is 37.6. The largest absolute Gasteiger partial charge is 0.464 e. The molecule has 22 heavy (non-hydrogen) atoms. The van der Waals surface area contributed by atoms with Crippen LogP contribution in [0.1, 0.15) is 79.1 Å². The van der Waals surface area contributed by atoms with E-state index in [2.05, 4.69) is 33.8 Å². The molecular formula is C18H30BNO2. The predicted octanol–water partition coefficient (Wildman–Crippen LogP) is 4.72. The van der Waals surface area contributed by atoms with Gasteiger partial charge in [0.2, 0.25) is 0 Å². The highest BCUT2D eigenvalue weighted by molar-refractivity contribution is 6.50. The lowest BCUT2D eigenvalue weighted by atomic mass is 9.37. The van der Waals surface area contributed by atoms with Crippen LogP contribution < -0.4 is 0 Å². The molecule has 0 bridgehead atoms. The number of nitrogens with zero attached hydrogens (tertiary/aromatic N) is 1. The summed E-state index contributed by atoms with van der Waals surface area (Å²) in [5.41, 5.74) is -0.501. The molecule has 0 atom stereocenters. The van der Waals surface area contributed by atoms with Gasteiger partial charge in [0.1, 0.15) is 0 Å². The Hall–Kier alpha value is -0.525. The van der Waals surface area contributed by atoms with Gasteiger partial charge in [0.15, 0.2) is 0 Å². The second-order valence-corrected chi connectivity index (χ2v) is 8.79. The molecule has 0 aromatic heterocycles. The average Bonchev–Trinajstić information content (AvgIpc) is 2.63. The van der Waals surface area contributed by atoms with E-state index in [-0.39, 0.29) is 23.6 Å². The van der Waals surface area contributed by atoms with Gasteiger partial charge in [-0.05, 0) is 52.4 Å². The van der Waals surface area contributed by atoms with Crippen LogP contribution in [-0.4, -0.2) is 18.3 Å². The quantitative estimate of drug-likeness (QED) is 0.708. The molecule has 0 aromatic rings. The van der Waals surface area contributed by atoms with Crippen molar-refractivity contribution in [2.75, 3.05) is 0 Å². The maximum Gasteiger partial charge on any atom is 0.464 e. The maximum absolute atomic E-state index is 9.00. The van der Waals surface area contributed by atoms with Crippen LogP contribution in [0.5, 0.6) is 0 Å². The third-order valence-corrected chi connectivity index (χ3v) is 6.86. The molecule has 0 unspecified atom stereocenters. The molecule has 2 aliphatic carbocycles. The Labute approximate surface area is 135 Å². The molecule has 0 amide bonds. The van der Waals surface area contributed by atoms with E-state index in [1.54, 1.807) is 0 Å². The van der Waals surface area contributed by atoms with E-state index >= 15 is 0 Å². The molecule has 1 heterocycles. The van der Waals surface area contributed by atoms with Crippen LogP contribution >= 0.6 is 0 Å². The first-order valence-corrected chi connectivity index (χ1v) is 9.03. The SMILES string of the molecule is CC1(C)OB(C2(C3CCCCC3)CC(CC#N)C2)OC1(C)C. The Kier molecular flexibility index (Phi) is 4.11. The van der Waals surface area contributed by atoms with Gasteiger partial charge < -0.3 is 9.31 Å². The molecule has 0 N–H and O–H groups in total. The van der Waals surface area contributed by atoms with Gasteiger partial charge >= 0.3 is 7.12 Å². The lowest BCUT2D eigenvalue weighted by Crippen LogP contribution is -2.50. The van der Waals surface area contributed by atoms with Gasteiger partial charge in [-0.2, -0.15) is 5.26 Å². The molecule has 3 fully saturated rings. The minimum atomic E-state index is -0.250. The van der Waals surface area contributed by atoms with Crippen LogP contribution in [-0.2, 0) is 9.31 Å². The van der Waals surface area contributed by atoms with Crippen molar-refractivity contribution in [3.63, 3.8) is 0 Å². The van der Waals surface area contributed by atoms with Gasteiger partial charge in [-0.1, -0.05) is 32.1 Å². The lowest BCUT2D eigenvalue weighted by Gasteiger charge is -2.54. The molecule has 3 nitrogen and oxygen atoms in total. The van der Waals surface area contributed by atoms with Crippen molar-refractivity contribution in [3.8, 4) is 6.07 Å². The van der Waals surface area contributed by atoms with Crippen LogP contribution in [0.15, 0.2) is 0 Å². The zero-order chi connectivity index (χ0) is 16.0. The van der Waals surface area contributed by atoms with Gasteiger partial charge in [-0.25, -0.2) is 0 Å². The Morgan fingerprint density at radius 2 is 1.55 bits per heavy atom. The molecule has 2 saturated carbocycles. The Morgan fingerprint density at radius 1 is 1.00 bits per heavy atom. The summed E-state index contributed by atoms with van der Waals surface area (Å²) < 4.78 is 12.9. The molecular weight excluding hydrogens is 273 g/mol. The Morgan fingerprint density at radius 3 is 2.05 bits per heavy atom. The summed E-state index contributed by atoms with van der Waals surface area (Å²) in [5.74, 6) is 1.26. The van der Waals surface area contributed by atoms with Crippen molar-refractivity contribution in [2.24, 2.45) is 11.8 Å². The summed E-state index contributed by atoms with van der Waals surface area (Å²) in [6.45, 7) is 8.58. The fourth-order valence-corrected chi connectivity index (χ4v) is 4.76. The first-order valence-electron chi connectivity index (χ1n) is 9.03. The summed E-state index contributed by atoms with van der Waals surface area (Å²) in [6, 6.07) is 2.35. The molecule has 0 aromatic carbocycles. The third kappa shape index (κ3) is 2.51. The molecule has 0 spiro atoms. The first kappa shape index (κ1) is 16.3. The van der Waals surface area contributed by atoms with E-state index in [0.29, 0.717) is 18.3 Å². The number of hydrogen-bond donors (Lipinski definition) is 0. The topological polar surface area (TPSA) is 42.2 Å². The molecule has 3 aliphatic rings. The summed E-state index contributed by atoms with van der Waals surface area (Å²) >= 11 is 0. The van der Waals surface area contributed by atoms with Crippen LogP contribution in [0, 0.1) is 23.2 Å². The predicted molar refractivity (Wildman–Crippen MR) is 88.3 cm³/mol. The number of nitriles is 1. The van der Waals surface area contributed by atoms with E-state index < -0.39 is 0 Å². The second-order valence-electron chi connectivity index (χ2n) is 8.79. The van der Waals surface area contributed by atoms with E-state index in [9.17, 15) is 0 Å². The van der Waals surface area contributed by atoms with Gasteiger partial charge in [-0.15, -0.1) is 0 Å². The number of rotatable bonds is 3. The third-order valence-electron chi connectivity index (χ3n) is 6.86. The van der Waals surface area contributed by atoms with E-state index in [0.717, 1.165) is 12.8 Å². The zero-order valence-corrected chi connectivity index (χ0v) is 14.7. The molecule has 122 valence electrons. The minimum Gasteiger partial charge on any atom is -0.403 e. The van der Waals surface area contributed by atoms with Gasteiger partial charge in [0.25, 0.3) is 0 Å². The smallest absolute Gasteiger partial charge is 0.403 e. The van der Waals surface area contributed by atoms with Crippen LogP contribution in [0.2, 0.25) is 5.31 Å². The summed E-state index contributed by atoms with van der Waals surface area (Å²) in [6.07, 6.45) is 9.59. The Bertz CT molecular complexity index is 440. The minimum absolute atomic E-state index is 0.0875. The summed E-state index contributed by atoms with van der Waals surface area (Å²) in [5, 5.41) is 9.16. The lowest BCUT2D eigenvalue weighted by molar-refractivity contribution is 0.00578.